The third-order valence-corrected chi connectivity index (χ3v) is 5.73. The van der Waals surface area contributed by atoms with Crippen LogP contribution in [0.4, 0.5) is 5.13 Å². The Morgan fingerprint density at radius 2 is 2.13 bits per heavy atom. The van der Waals surface area contributed by atoms with E-state index < -0.39 is 0 Å². The number of anilines is 1. The van der Waals surface area contributed by atoms with E-state index in [0.29, 0.717) is 5.13 Å². The van der Waals surface area contributed by atoms with Gasteiger partial charge in [-0.3, -0.25) is 9.59 Å². The molecule has 1 heterocycles. The van der Waals surface area contributed by atoms with Crippen molar-refractivity contribution in [3.8, 4) is 0 Å². The van der Waals surface area contributed by atoms with Crippen molar-refractivity contribution in [1.29, 1.82) is 0 Å². The Morgan fingerprint density at radius 3 is 2.96 bits per heavy atom. The maximum absolute atomic E-state index is 11.9. The number of nitrogens with zero attached hydrogens (tertiary/aromatic N) is 1. The summed E-state index contributed by atoms with van der Waals surface area (Å²) in [4.78, 5) is 27.4. The number of amides is 1. The zero-order valence-electron chi connectivity index (χ0n) is 12.5. The van der Waals surface area contributed by atoms with E-state index >= 15 is 0 Å². The minimum Gasteiger partial charge on any atom is -0.301 e. The molecule has 0 bridgehead atoms. The van der Waals surface area contributed by atoms with Gasteiger partial charge in [-0.25, -0.2) is 4.98 Å². The number of aromatic nitrogens is 1. The van der Waals surface area contributed by atoms with E-state index in [2.05, 4.69) is 34.6 Å². The molecular formula is C17H14N2O2S2. The number of hydrogen-bond donors (Lipinski definition) is 1. The molecule has 0 fully saturated rings. The van der Waals surface area contributed by atoms with Gasteiger partial charge in [0, 0.05) is 12.3 Å². The number of benzene rings is 2. The molecule has 0 spiro atoms. The number of nitrogens with one attached hydrogen (secondary N) is 1. The summed E-state index contributed by atoms with van der Waals surface area (Å²) in [6, 6.07) is 8.56. The fourth-order valence-corrected chi connectivity index (χ4v) is 4.45. The first-order valence-corrected chi connectivity index (χ1v) is 9.19. The Morgan fingerprint density at radius 1 is 1.30 bits per heavy atom. The van der Waals surface area contributed by atoms with Gasteiger partial charge >= 0.3 is 0 Å². The smallest absolute Gasteiger partial charge is 0.236 e. The lowest BCUT2D eigenvalue weighted by Gasteiger charge is -2.02. The van der Waals surface area contributed by atoms with E-state index in [1.165, 1.54) is 40.2 Å². The van der Waals surface area contributed by atoms with Crippen LogP contribution < -0.4 is 5.32 Å². The Kier molecular flexibility index (Phi) is 3.58. The number of carbonyl (C=O) groups excluding carboxylic acids is 2. The van der Waals surface area contributed by atoms with Crippen molar-refractivity contribution in [3.05, 3.63) is 35.4 Å². The maximum atomic E-state index is 11.9. The number of thioether (sulfide) groups is 1. The number of rotatable bonds is 3. The first-order chi connectivity index (χ1) is 11.1. The van der Waals surface area contributed by atoms with Gasteiger partial charge in [0.25, 0.3) is 0 Å². The van der Waals surface area contributed by atoms with Crippen LogP contribution in [-0.2, 0) is 22.4 Å². The second-order valence-corrected chi connectivity index (χ2v) is 7.75. The average molecular weight is 342 g/mol. The molecule has 4 nitrogen and oxygen atoms in total. The molecule has 1 aliphatic carbocycles. The first-order valence-electron chi connectivity index (χ1n) is 7.39. The fraction of sp³-hybridized carbons (Fsp3) is 0.235. The molecule has 1 aliphatic rings. The molecule has 1 aromatic heterocycles. The molecule has 1 N–H and O–H groups in total. The van der Waals surface area contributed by atoms with Gasteiger partial charge < -0.3 is 5.32 Å². The van der Waals surface area contributed by atoms with Crippen LogP contribution in [0.5, 0.6) is 0 Å². The number of fused-ring (bicyclic) bond motifs is 2. The van der Waals surface area contributed by atoms with Crippen LogP contribution in [0.1, 0.15) is 18.1 Å². The lowest BCUT2D eigenvalue weighted by Crippen LogP contribution is -2.14. The van der Waals surface area contributed by atoms with Crippen molar-refractivity contribution >= 4 is 60.2 Å². The monoisotopic (exact) mass is 342 g/mol. The van der Waals surface area contributed by atoms with Crippen LogP contribution in [-0.4, -0.2) is 21.8 Å². The van der Waals surface area contributed by atoms with Crippen LogP contribution >= 0.6 is 23.1 Å². The summed E-state index contributed by atoms with van der Waals surface area (Å²) in [5.74, 6) is -0.0666. The molecule has 0 aliphatic heterocycles. The fourth-order valence-electron chi connectivity index (χ4n) is 3.08. The lowest BCUT2D eigenvalue weighted by molar-refractivity contribution is -0.114. The van der Waals surface area contributed by atoms with Crippen molar-refractivity contribution < 1.29 is 9.59 Å². The predicted octanol–water partition coefficient (Wildman–Crippen LogP) is 3.77. The highest BCUT2D eigenvalue weighted by Crippen LogP contribution is 2.38. The van der Waals surface area contributed by atoms with Crippen molar-refractivity contribution in [3.63, 3.8) is 0 Å². The largest absolute Gasteiger partial charge is 0.301 e. The summed E-state index contributed by atoms with van der Waals surface area (Å²) in [6.45, 7) is 1.46. The molecule has 4 rings (SSSR count). The van der Waals surface area contributed by atoms with Crippen molar-refractivity contribution in [2.45, 2.75) is 19.8 Å². The second-order valence-electron chi connectivity index (χ2n) is 5.57. The van der Waals surface area contributed by atoms with Crippen molar-refractivity contribution in [1.82, 2.24) is 4.98 Å². The topological polar surface area (TPSA) is 59.1 Å². The summed E-state index contributed by atoms with van der Waals surface area (Å²) in [5, 5.41) is 5.83. The van der Waals surface area contributed by atoms with Gasteiger partial charge in [0.2, 0.25) is 5.91 Å². The van der Waals surface area contributed by atoms with Crippen LogP contribution in [0.25, 0.3) is 21.0 Å². The minimum atomic E-state index is -0.193. The maximum Gasteiger partial charge on any atom is 0.236 e. The van der Waals surface area contributed by atoms with Gasteiger partial charge in [-0.2, -0.15) is 0 Å². The van der Waals surface area contributed by atoms with Crippen LogP contribution in [0, 0.1) is 0 Å². The Balaban J connectivity index is 1.71. The van der Waals surface area contributed by atoms with Gasteiger partial charge in [-0.15, -0.1) is 0 Å². The first kappa shape index (κ1) is 14.7. The molecular weight excluding hydrogens is 328 g/mol. The van der Waals surface area contributed by atoms with Crippen LogP contribution in [0.3, 0.4) is 0 Å². The third kappa shape index (κ3) is 2.62. The molecule has 116 valence electrons. The number of carbonyl (C=O) groups is 2. The summed E-state index contributed by atoms with van der Waals surface area (Å²) < 4.78 is 1.10. The lowest BCUT2D eigenvalue weighted by atomic mass is 10.0. The van der Waals surface area contributed by atoms with Crippen molar-refractivity contribution in [2.24, 2.45) is 0 Å². The number of aryl methyl sites for hydroxylation is 2. The zero-order valence-corrected chi connectivity index (χ0v) is 14.1. The van der Waals surface area contributed by atoms with Gasteiger partial charge in [-0.05, 0) is 35.4 Å². The van der Waals surface area contributed by atoms with Gasteiger partial charge in [-0.1, -0.05) is 41.3 Å². The Labute approximate surface area is 141 Å². The predicted molar refractivity (Wildman–Crippen MR) is 96.3 cm³/mol. The molecule has 0 saturated heterocycles. The molecule has 1 amide bonds. The van der Waals surface area contributed by atoms with Gasteiger partial charge in [0.05, 0.1) is 16.0 Å². The standard InChI is InChI=1S/C17H14N2O2S2/c1-9(20)22-8-14(21)18-17-19-16-12-4-2-3-10-5-6-11(15(10)12)7-13(16)23-17/h2-4,7H,5-6,8H2,1H3,(H,18,19,21). The molecule has 6 heteroatoms. The molecule has 0 unspecified atom stereocenters. The highest BCUT2D eigenvalue weighted by atomic mass is 32.2. The molecule has 23 heavy (non-hydrogen) atoms. The average Bonchev–Trinajstić information content (AvgIpc) is 3.11. The normalized spacial score (nSPS) is 12.9. The van der Waals surface area contributed by atoms with Crippen LogP contribution in [0.2, 0.25) is 0 Å². The highest BCUT2D eigenvalue weighted by Gasteiger charge is 2.18. The molecule has 0 saturated carbocycles. The van der Waals surface area contributed by atoms with E-state index in [-0.39, 0.29) is 16.8 Å². The molecule has 0 radical (unpaired) electrons. The number of thiazole rings is 1. The minimum absolute atomic E-state index is 0.0604. The Hall–Kier alpha value is -1.92. The number of hydrogen-bond acceptors (Lipinski definition) is 5. The third-order valence-electron chi connectivity index (χ3n) is 4.00. The zero-order chi connectivity index (χ0) is 16.0. The van der Waals surface area contributed by atoms with Gasteiger partial charge in [0.15, 0.2) is 10.2 Å². The van der Waals surface area contributed by atoms with Crippen LogP contribution in [0.15, 0.2) is 24.3 Å². The van der Waals surface area contributed by atoms with Crippen molar-refractivity contribution in [2.75, 3.05) is 11.1 Å². The van der Waals surface area contributed by atoms with E-state index in [0.717, 1.165) is 34.8 Å². The summed E-state index contributed by atoms with van der Waals surface area (Å²) in [7, 11) is 0. The van der Waals surface area contributed by atoms with E-state index in [4.69, 9.17) is 0 Å². The van der Waals surface area contributed by atoms with E-state index in [1.807, 2.05) is 0 Å². The molecule has 2 aromatic carbocycles. The molecule has 0 atom stereocenters. The molecule has 3 aromatic rings. The quantitative estimate of drug-likeness (QED) is 0.787. The summed E-state index contributed by atoms with van der Waals surface area (Å²) in [5.41, 5.74) is 3.71. The summed E-state index contributed by atoms with van der Waals surface area (Å²) in [6.07, 6.45) is 2.16. The highest BCUT2D eigenvalue weighted by molar-refractivity contribution is 8.14. The van der Waals surface area contributed by atoms with E-state index in [1.54, 1.807) is 0 Å². The van der Waals surface area contributed by atoms with Gasteiger partial charge in [0.1, 0.15) is 0 Å². The van der Waals surface area contributed by atoms with E-state index in [9.17, 15) is 9.59 Å². The SMILES string of the molecule is CC(=O)SCC(=O)Nc1nc2c(cc3c4c(cccc42)CC3)s1. The summed E-state index contributed by atoms with van der Waals surface area (Å²) >= 11 is 2.50. The second kappa shape index (κ2) is 5.62. The Bertz CT molecular complexity index is 962.